The van der Waals surface area contributed by atoms with Crippen molar-refractivity contribution in [2.24, 2.45) is 5.92 Å². The highest BCUT2D eigenvalue weighted by atomic mass is 16.4. The summed E-state index contributed by atoms with van der Waals surface area (Å²) in [5, 5.41) is 8.71. The summed E-state index contributed by atoms with van der Waals surface area (Å²) in [7, 11) is 0. The first kappa shape index (κ1) is 14.9. The van der Waals surface area contributed by atoms with Gasteiger partial charge in [0.25, 0.3) is 0 Å². The van der Waals surface area contributed by atoms with Gasteiger partial charge in [0.05, 0.1) is 5.92 Å². The normalized spacial score (nSPS) is 20.8. The zero-order valence-electron chi connectivity index (χ0n) is 11.5. The predicted molar refractivity (Wildman–Crippen MR) is 72.4 cm³/mol. The molecule has 1 saturated heterocycles. The third kappa shape index (κ3) is 2.84. The SMILES string of the molecule is CC(=O)N1C(=O)[C@H](CCC(=O)O)[C@@H]1C(=O)c1ccccc1. The van der Waals surface area contributed by atoms with Crippen LogP contribution in [0.15, 0.2) is 30.3 Å². The van der Waals surface area contributed by atoms with Gasteiger partial charge in [-0.2, -0.15) is 0 Å². The molecule has 21 heavy (non-hydrogen) atoms. The maximum atomic E-state index is 12.4. The minimum absolute atomic E-state index is 0.0567. The molecule has 1 heterocycles. The molecule has 2 rings (SSSR count). The van der Waals surface area contributed by atoms with E-state index < -0.39 is 29.7 Å². The van der Waals surface area contributed by atoms with E-state index in [-0.39, 0.29) is 18.6 Å². The number of hydrogen-bond acceptors (Lipinski definition) is 4. The molecule has 1 N–H and O–H groups in total. The third-order valence-corrected chi connectivity index (χ3v) is 3.55. The van der Waals surface area contributed by atoms with Crippen LogP contribution in [0.25, 0.3) is 0 Å². The van der Waals surface area contributed by atoms with Crippen LogP contribution in [0, 0.1) is 5.92 Å². The minimum atomic E-state index is -1.03. The number of imide groups is 1. The average molecular weight is 289 g/mol. The van der Waals surface area contributed by atoms with Gasteiger partial charge in [0, 0.05) is 18.9 Å². The van der Waals surface area contributed by atoms with E-state index >= 15 is 0 Å². The fraction of sp³-hybridized carbons (Fsp3) is 0.333. The lowest BCUT2D eigenvalue weighted by atomic mass is 9.79. The number of hydrogen-bond donors (Lipinski definition) is 1. The van der Waals surface area contributed by atoms with Gasteiger partial charge < -0.3 is 5.11 Å². The lowest BCUT2D eigenvalue weighted by molar-refractivity contribution is -0.162. The summed E-state index contributed by atoms with van der Waals surface area (Å²) in [6.45, 7) is 1.22. The van der Waals surface area contributed by atoms with Crippen LogP contribution in [-0.4, -0.2) is 39.6 Å². The molecule has 0 spiro atoms. The molecule has 1 aliphatic rings. The minimum Gasteiger partial charge on any atom is -0.481 e. The molecule has 0 aromatic heterocycles. The van der Waals surface area contributed by atoms with Crippen molar-refractivity contribution < 1.29 is 24.3 Å². The molecule has 1 aliphatic heterocycles. The summed E-state index contributed by atoms with van der Waals surface area (Å²) in [6, 6.07) is 7.47. The molecule has 0 radical (unpaired) electrons. The second-order valence-corrected chi connectivity index (χ2v) is 4.94. The Balaban J connectivity index is 2.22. The number of aliphatic carboxylic acids is 1. The van der Waals surface area contributed by atoms with E-state index in [1.165, 1.54) is 6.92 Å². The Morgan fingerprint density at radius 2 is 1.81 bits per heavy atom. The maximum Gasteiger partial charge on any atom is 0.303 e. The van der Waals surface area contributed by atoms with Crippen molar-refractivity contribution in [3.63, 3.8) is 0 Å². The standard InChI is InChI=1S/C15H15NO5/c1-9(17)16-13(11(15(16)21)7-8-12(18)19)14(20)10-5-3-2-4-6-10/h2-6,11,13H,7-8H2,1H3,(H,18,19)/t11-,13-/m1/s1. The van der Waals surface area contributed by atoms with Gasteiger partial charge in [0.15, 0.2) is 5.78 Å². The maximum absolute atomic E-state index is 12.4. The number of β-lactam (4-membered cyclic amide) rings is 1. The van der Waals surface area contributed by atoms with Gasteiger partial charge in [-0.25, -0.2) is 0 Å². The Bertz CT molecular complexity index is 595. The Hall–Kier alpha value is -2.50. The second kappa shape index (κ2) is 5.87. The topological polar surface area (TPSA) is 91.8 Å². The second-order valence-electron chi connectivity index (χ2n) is 4.94. The van der Waals surface area contributed by atoms with Crippen LogP contribution < -0.4 is 0 Å². The number of rotatable bonds is 5. The number of carboxylic acid groups (broad SMARTS) is 1. The third-order valence-electron chi connectivity index (χ3n) is 3.55. The van der Waals surface area contributed by atoms with Crippen LogP contribution in [0.1, 0.15) is 30.1 Å². The Morgan fingerprint density at radius 3 is 2.33 bits per heavy atom. The number of likely N-dealkylation sites (tertiary alicyclic amines) is 1. The highest BCUT2D eigenvalue weighted by Crippen LogP contribution is 2.33. The van der Waals surface area contributed by atoms with Crippen molar-refractivity contribution in [3.8, 4) is 0 Å². The molecule has 0 aliphatic carbocycles. The Kier molecular flexibility index (Phi) is 4.16. The van der Waals surface area contributed by atoms with Crippen LogP contribution in [0.5, 0.6) is 0 Å². The molecule has 6 nitrogen and oxygen atoms in total. The molecule has 0 saturated carbocycles. The fourth-order valence-corrected chi connectivity index (χ4v) is 2.53. The van der Waals surface area contributed by atoms with Crippen molar-refractivity contribution in [2.75, 3.05) is 0 Å². The largest absolute Gasteiger partial charge is 0.481 e. The fourth-order valence-electron chi connectivity index (χ4n) is 2.53. The van der Waals surface area contributed by atoms with E-state index in [1.54, 1.807) is 30.3 Å². The predicted octanol–water partition coefficient (Wildman–Crippen LogP) is 1.11. The van der Waals surface area contributed by atoms with Crippen molar-refractivity contribution in [1.82, 2.24) is 4.90 Å². The highest BCUT2D eigenvalue weighted by Gasteiger charge is 2.52. The summed E-state index contributed by atoms with van der Waals surface area (Å²) in [6.07, 6.45) is -0.151. The first-order valence-electron chi connectivity index (χ1n) is 6.58. The molecule has 1 fully saturated rings. The van der Waals surface area contributed by atoms with E-state index in [0.717, 1.165) is 4.90 Å². The molecule has 110 valence electrons. The van der Waals surface area contributed by atoms with E-state index in [2.05, 4.69) is 0 Å². The molecule has 1 aromatic carbocycles. The van der Waals surface area contributed by atoms with Gasteiger partial charge in [-0.1, -0.05) is 30.3 Å². The summed E-state index contributed by atoms with van der Waals surface area (Å²) >= 11 is 0. The van der Waals surface area contributed by atoms with Gasteiger partial charge in [-0.15, -0.1) is 0 Å². The highest BCUT2D eigenvalue weighted by molar-refractivity contribution is 6.14. The molecule has 0 bridgehead atoms. The number of Topliss-reactive ketones (excluding diaryl/α,β-unsaturated/α-hetero) is 1. The lowest BCUT2D eigenvalue weighted by Gasteiger charge is -2.44. The van der Waals surface area contributed by atoms with Gasteiger partial charge in [-0.3, -0.25) is 24.1 Å². The molecule has 2 atom stereocenters. The number of carboxylic acids is 1. The molecule has 2 amide bonds. The van der Waals surface area contributed by atoms with Gasteiger partial charge in [0.2, 0.25) is 11.8 Å². The summed E-state index contributed by atoms with van der Waals surface area (Å²) in [5.74, 6) is -3.08. The summed E-state index contributed by atoms with van der Waals surface area (Å²) in [5.41, 5.74) is 0.404. The van der Waals surface area contributed by atoms with Crippen LogP contribution in [0.4, 0.5) is 0 Å². The van der Waals surface area contributed by atoms with Crippen LogP contribution >= 0.6 is 0 Å². The zero-order chi connectivity index (χ0) is 15.6. The Morgan fingerprint density at radius 1 is 1.19 bits per heavy atom. The molecular formula is C15H15NO5. The zero-order valence-corrected chi connectivity index (χ0v) is 11.5. The van der Waals surface area contributed by atoms with Crippen molar-refractivity contribution in [1.29, 1.82) is 0 Å². The van der Waals surface area contributed by atoms with Gasteiger partial charge in [0.1, 0.15) is 6.04 Å². The number of benzene rings is 1. The van der Waals surface area contributed by atoms with E-state index in [9.17, 15) is 19.2 Å². The number of amides is 2. The van der Waals surface area contributed by atoms with Crippen molar-refractivity contribution in [3.05, 3.63) is 35.9 Å². The van der Waals surface area contributed by atoms with Crippen LogP contribution in [0.3, 0.4) is 0 Å². The average Bonchev–Trinajstić information content (AvgIpc) is 2.44. The first-order chi connectivity index (χ1) is 9.93. The first-order valence-corrected chi connectivity index (χ1v) is 6.58. The smallest absolute Gasteiger partial charge is 0.303 e. The van der Waals surface area contributed by atoms with Crippen LogP contribution in [0.2, 0.25) is 0 Å². The molecule has 6 heteroatoms. The van der Waals surface area contributed by atoms with Crippen molar-refractivity contribution >= 4 is 23.6 Å². The quantitative estimate of drug-likeness (QED) is 0.647. The molecule has 0 unspecified atom stereocenters. The van der Waals surface area contributed by atoms with Gasteiger partial charge in [-0.05, 0) is 6.42 Å². The Labute approximate surface area is 121 Å². The molecular weight excluding hydrogens is 274 g/mol. The van der Waals surface area contributed by atoms with E-state index in [0.29, 0.717) is 5.56 Å². The van der Waals surface area contributed by atoms with Crippen LogP contribution in [-0.2, 0) is 14.4 Å². The van der Waals surface area contributed by atoms with E-state index in [4.69, 9.17) is 5.11 Å². The van der Waals surface area contributed by atoms with Gasteiger partial charge >= 0.3 is 5.97 Å². The number of carbonyl (C=O) groups excluding carboxylic acids is 3. The number of nitrogens with zero attached hydrogens (tertiary/aromatic N) is 1. The summed E-state index contributed by atoms with van der Waals surface area (Å²) < 4.78 is 0. The number of ketones is 1. The summed E-state index contributed by atoms with van der Waals surface area (Å²) in [4.78, 5) is 47.4. The van der Waals surface area contributed by atoms with Crippen molar-refractivity contribution in [2.45, 2.75) is 25.8 Å². The monoisotopic (exact) mass is 289 g/mol. The molecule has 1 aromatic rings. The van der Waals surface area contributed by atoms with E-state index in [1.807, 2.05) is 0 Å². The number of carbonyl (C=O) groups is 4. The lowest BCUT2D eigenvalue weighted by Crippen LogP contribution is -2.65.